The van der Waals surface area contributed by atoms with Gasteiger partial charge in [0.25, 0.3) is 0 Å². The quantitative estimate of drug-likeness (QED) is 0.526. The standard InChI is InChI=1S/C27H34N2O2/c1-25(2)17-11-15-7-9-21(28(30)23(15)19(25)13-17)27(5,6)22-10-8-16-12-18-14-20(26(18,3)4)24(16)29(22)31/h7-10,17-20H,11-14H2,1-6H3/t17-,18-,19-,20-/m0/s1. The fourth-order valence-electron chi connectivity index (χ4n) is 7.50. The summed E-state index contributed by atoms with van der Waals surface area (Å²) >= 11 is 0. The number of hydrogen-bond donors (Lipinski definition) is 0. The van der Waals surface area contributed by atoms with Crippen LogP contribution in [0.1, 0.15) is 100 Å². The molecule has 2 heterocycles. The SMILES string of the molecule is CC(C)(c1ccc2c([n+]1[O-])[C@@H]1C[C@H](C2)C1(C)C)c1ccc2c([n+]1[O-])[C@@H]1C[C@H](C2)C1(C)C. The molecule has 4 bridgehead atoms. The summed E-state index contributed by atoms with van der Waals surface area (Å²) in [5, 5.41) is 27.5. The molecule has 6 aliphatic rings. The molecule has 0 spiro atoms. The van der Waals surface area contributed by atoms with Gasteiger partial charge >= 0.3 is 0 Å². The first kappa shape index (κ1) is 19.6. The Hall–Kier alpha value is -2.10. The van der Waals surface area contributed by atoms with Crippen molar-refractivity contribution in [1.29, 1.82) is 0 Å². The third-order valence-corrected chi connectivity index (χ3v) is 10.2. The summed E-state index contributed by atoms with van der Waals surface area (Å²) in [7, 11) is 0. The molecule has 0 unspecified atom stereocenters. The molecule has 0 aromatic carbocycles. The molecule has 0 saturated heterocycles. The third-order valence-electron chi connectivity index (χ3n) is 10.2. The molecule has 4 heteroatoms. The van der Waals surface area contributed by atoms with E-state index in [2.05, 4.69) is 39.8 Å². The second-order valence-corrected chi connectivity index (χ2v) is 12.5. The number of aromatic nitrogens is 2. The zero-order valence-electron chi connectivity index (χ0n) is 19.7. The van der Waals surface area contributed by atoms with Gasteiger partial charge in [-0.1, -0.05) is 27.7 Å². The molecular weight excluding hydrogens is 384 g/mol. The summed E-state index contributed by atoms with van der Waals surface area (Å²) < 4.78 is 2.39. The highest BCUT2D eigenvalue weighted by Gasteiger charge is 2.58. The van der Waals surface area contributed by atoms with E-state index in [1.54, 1.807) is 0 Å². The highest BCUT2D eigenvalue weighted by molar-refractivity contribution is 5.37. The summed E-state index contributed by atoms with van der Waals surface area (Å²) in [6, 6.07) is 8.27. The Kier molecular flexibility index (Phi) is 3.55. The van der Waals surface area contributed by atoms with E-state index >= 15 is 0 Å². The fourth-order valence-corrected chi connectivity index (χ4v) is 7.50. The van der Waals surface area contributed by atoms with Crippen molar-refractivity contribution in [1.82, 2.24) is 0 Å². The van der Waals surface area contributed by atoms with Crippen molar-refractivity contribution in [2.75, 3.05) is 0 Å². The van der Waals surface area contributed by atoms with Crippen LogP contribution in [0.15, 0.2) is 24.3 Å². The Morgan fingerprint density at radius 3 is 1.48 bits per heavy atom. The van der Waals surface area contributed by atoms with E-state index in [1.165, 1.54) is 20.6 Å². The Labute approximate surface area is 185 Å². The van der Waals surface area contributed by atoms with E-state index in [4.69, 9.17) is 0 Å². The number of hydrogen-bond acceptors (Lipinski definition) is 2. The van der Waals surface area contributed by atoms with Gasteiger partial charge in [0.1, 0.15) is 5.41 Å². The van der Waals surface area contributed by atoms with Crippen molar-refractivity contribution in [3.05, 3.63) is 68.6 Å². The maximum atomic E-state index is 13.7. The van der Waals surface area contributed by atoms with Crippen LogP contribution in [-0.2, 0) is 18.3 Å². The average Bonchev–Trinajstić information content (AvgIpc) is 2.72. The lowest BCUT2D eigenvalue weighted by Crippen LogP contribution is -2.58. The molecule has 0 radical (unpaired) electrons. The highest BCUT2D eigenvalue weighted by Crippen LogP contribution is 2.62. The van der Waals surface area contributed by atoms with Crippen molar-refractivity contribution in [2.45, 2.75) is 84.5 Å². The molecule has 164 valence electrons. The van der Waals surface area contributed by atoms with Crippen molar-refractivity contribution in [3.8, 4) is 0 Å². The Bertz CT molecular complexity index is 1040. The van der Waals surface area contributed by atoms with E-state index in [0.717, 1.165) is 37.1 Å². The molecule has 4 atom stereocenters. The minimum Gasteiger partial charge on any atom is -0.618 e. The number of pyridine rings is 2. The van der Waals surface area contributed by atoms with Crippen LogP contribution in [0.2, 0.25) is 0 Å². The van der Waals surface area contributed by atoms with Gasteiger partial charge in [0, 0.05) is 23.3 Å². The predicted octanol–water partition coefficient (Wildman–Crippen LogP) is 4.65. The molecule has 0 N–H and O–H groups in total. The van der Waals surface area contributed by atoms with Crippen LogP contribution in [-0.4, -0.2) is 0 Å². The smallest absolute Gasteiger partial charge is 0.209 e. The zero-order valence-corrected chi connectivity index (χ0v) is 19.7. The Morgan fingerprint density at radius 2 is 1.13 bits per heavy atom. The summed E-state index contributed by atoms with van der Waals surface area (Å²) in [6.07, 6.45) is 4.23. The van der Waals surface area contributed by atoms with Crippen LogP contribution in [0.4, 0.5) is 0 Å². The number of rotatable bonds is 2. The van der Waals surface area contributed by atoms with E-state index < -0.39 is 5.41 Å². The Morgan fingerprint density at radius 1 is 0.742 bits per heavy atom. The minimum atomic E-state index is -0.664. The molecule has 8 rings (SSSR count). The van der Waals surface area contributed by atoms with Crippen molar-refractivity contribution >= 4 is 0 Å². The van der Waals surface area contributed by atoms with Gasteiger partial charge in [-0.25, -0.2) is 0 Å². The van der Waals surface area contributed by atoms with E-state index in [9.17, 15) is 10.4 Å². The molecular formula is C27H34N2O2. The molecule has 2 aromatic rings. The highest BCUT2D eigenvalue weighted by atomic mass is 16.5. The molecule has 2 aromatic heterocycles. The van der Waals surface area contributed by atoms with Gasteiger partial charge in [0.05, 0.1) is 11.8 Å². The number of nitrogens with zero attached hydrogens (tertiary/aromatic N) is 2. The largest absolute Gasteiger partial charge is 0.618 e. The van der Waals surface area contributed by atoms with Crippen molar-refractivity contribution in [3.63, 3.8) is 0 Å². The van der Waals surface area contributed by atoms with Gasteiger partial charge in [-0.2, -0.15) is 9.46 Å². The second kappa shape index (κ2) is 5.63. The summed E-state index contributed by atoms with van der Waals surface area (Å²) in [6.45, 7) is 13.3. The summed E-state index contributed by atoms with van der Waals surface area (Å²) in [5.74, 6) is 2.01. The zero-order chi connectivity index (χ0) is 22.1. The van der Waals surface area contributed by atoms with Crippen LogP contribution in [0.25, 0.3) is 0 Å². The second-order valence-electron chi connectivity index (χ2n) is 12.5. The van der Waals surface area contributed by atoms with Crippen molar-refractivity contribution in [2.24, 2.45) is 22.7 Å². The van der Waals surface area contributed by atoms with Gasteiger partial charge < -0.3 is 10.4 Å². The van der Waals surface area contributed by atoms with Crippen molar-refractivity contribution < 1.29 is 9.46 Å². The molecule has 4 nitrogen and oxygen atoms in total. The normalized spacial score (nSPS) is 31.2. The third kappa shape index (κ3) is 2.22. The van der Waals surface area contributed by atoms with Crippen LogP contribution >= 0.6 is 0 Å². The van der Waals surface area contributed by atoms with Gasteiger partial charge in [0.2, 0.25) is 11.4 Å². The monoisotopic (exact) mass is 418 g/mol. The first-order valence-corrected chi connectivity index (χ1v) is 12.0. The maximum absolute atomic E-state index is 13.7. The lowest BCUT2D eigenvalue weighted by molar-refractivity contribution is -0.647. The minimum absolute atomic E-state index is 0.193. The van der Waals surface area contributed by atoms with Crippen LogP contribution < -0.4 is 9.46 Å². The van der Waals surface area contributed by atoms with Gasteiger partial charge in [-0.05, 0) is 74.3 Å². The lowest BCUT2D eigenvalue weighted by atomic mass is 9.48. The molecule has 2 fully saturated rings. The van der Waals surface area contributed by atoms with Gasteiger partial charge in [-0.15, -0.1) is 0 Å². The summed E-state index contributed by atoms with van der Waals surface area (Å²) in [4.78, 5) is 0. The molecule has 0 aliphatic heterocycles. The summed E-state index contributed by atoms with van der Waals surface area (Å²) in [5.41, 5.74) is 5.43. The lowest BCUT2D eigenvalue weighted by Gasteiger charge is -2.55. The van der Waals surface area contributed by atoms with Gasteiger partial charge in [-0.3, -0.25) is 0 Å². The van der Waals surface area contributed by atoms with Crippen LogP contribution in [0.3, 0.4) is 0 Å². The first-order chi connectivity index (χ1) is 14.5. The van der Waals surface area contributed by atoms with Crippen LogP contribution in [0, 0.1) is 33.1 Å². The Balaban J connectivity index is 1.47. The maximum Gasteiger partial charge on any atom is 0.209 e. The molecule has 31 heavy (non-hydrogen) atoms. The first-order valence-electron chi connectivity index (χ1n) is 12.0. The topological polar surface area (TPSA) is 53.9 Å². The fraction of sp³-hybridized carbons (Fsp3) is 0.630. The average molecular weight is 419 g/mol. The van der Waals surface area contributed by atoms with Crippen LogP contribution in [0.5, 0.6) is 0 Å². The molecule has 0 amide bonds. The predicted molar refractivity (Wildman–Crippen MR) is 120 cm³/mol. The van der Waals surface area contributed by atoms with E-state index in [0.29, 0.717) is 35.1 Å². The van der Waals surface area contributed by atoms with Gasteiger partial charge in [0.15, 0.2) is 11.4 Å². The van der Waals surface area contributed by atoms with E-state index in [1.807, 2.05) is 26.0 Å². The molecule has 2 saturated carbocycles. The molecule has 6 aliphatic carbocycles. The van der Waals surface area contributed by atoms with E-state index in [-0.39, 0.29) is 10.8 Å².